The van der Waals surface area contributed by atoms with E-state index in [1.54, 1.807) is 12.1 Å². The molecule has 0 saturated heterocycles. The topological polar surface area (TPSA) is 77.9 Å². The number of azide groups is 1. The Morgan fingerprint density at radius 1 is 1.38 bits per heavy atom. The second kappa shape index (κ2) is 4.68. The molecule has 1 aromatic carbocycles. The minimum absolute atomic E-state index is 0.109. The molecule has 0 fully saturated rings. The van der Waals surface area contributed by atoms with Crippen molar-refractivity contribution in [3.05, 3.63) is 40.3 Å². The second-order valence-corrected chi connectivity index (χ2v) is 4.01. The molecule has 0 atom stereocenters. The zero-order valence-corrected chi connectivity index (χ0v) is 9.56. The SMILES string of the molecule is CC(=O)Nc1ccc(C(C)(C)N=[N+]=[N-])cc1. The number of nitrogens with one attached hydrogen (secondary N) is 1. The Hall–Kier alpha value is -2.00. The molecule has 1 amide bonds. The number of hydrogen-bond donors (Lipinski definition) is 1. The lowest BCUT2D eigenvalue weighted by Crippen LogP contribution is -2.13. The molecule has 0 bridgehead atoms. The van der Waals surface area contributed by atoms with E-state index >= 15 is 0 Å². The van der Waals surface area contributed by atoms with Crippen LogP contribution in [0.5, 0.6) is 0 Å². The lowest BCUT2D eigenvalue weighted by atomic mass is 9.95. The monoisotopic (exact) mass is 218 g/mol. The van der Waals surface area contributed by atoms with Gasteiger partial charge >= 0.3 is 0 Å². The summed E-state index contributed by atoms with van der Waals surface area (Å²) in [4.78, 5) is 13.6. The molecule has 0 saturated carbocycles. The van der Waals surface area contributed by atoms with E-state index < -0.39 is 5.54 Å². The van der Waals surface area contributed by atoms with Crippen molar-refractivity contribution in [3.8, 4) is 0 Å². The van der Waals surface area contributed by atoms with Crippen molar-refractivity contribution in [3.63, 3.8) is 0 Å². The fourth-order valence-electron chi connectivity index (χ4n) is 1.33. The van der Waals surface area contributed by atoms with E-state index in [-0.39, 0.29) is 5.91 Å². The molecule has 0 aliphatic carbocycles. The van der Waals surface area contributed by atoms with Gasteiger partial charge in [0.05, 0.1) is 5.54 Å². The first-order chi connectivity index (χ1) is 7.45. The van der Waals surface area contributed by atoms with E-state index in [1.807, 2.05) is 26.0 Å². The van der Waals surface area contributed by atoms with Crippen molar-refractivity contribution < 1.29 is 4.79 Å². The highest BCUT2D eigenvalue weighted by Gasteiger charge is 2.17. The molecule has 84 valence electrons. The van der Waals surface area contributed by atoms with Crippen LogP contribution in [0.15, 0.2) is 29.4 Å². The molecule has 16 heavy (non-hydrogen) atoms. The van der Waals surface area contributed by atoms with Gasteiger partial charge in [-0.3, -0.25) is 4.79 Å². The fourth-order valence-corrected chi connectivity index (χ4v) is 1.33. The number of carbonyl (C=O) groups is 1. The Bertz CT molecular complexity index is 430. The number of rotatable bonds is 3. The predicted octanol–water partition coefficient (Wildman–Crippen LogP) is 3.19. The molecule has 1 aromatic rings. The highest BCUT2D eigenvalue weighted by Crippen LogP contribution is 2.25. The van der Waals surface area contributed by atoms with Crippen LogP contribution in [0.2, 0.25) is 0 Å². The summed E-state index contributed by atoms with van der Waals surface area (Å²) >= 11 is 0. The Morgan fingerprint density at radius 2 is 1.94 bits per heavy atom. The third-order valence-electron chi connectivity index (χ3n) is 2.21. The second-order valence-electron chi connectivity index (χ2n) is 4.01. The molecule has 0 aromatic heterocycles. The van der Waals surface area contributed by atoms with Crippen LogP contribution in [0.4, 0.5) is 5.69 Å². The maximum atomic E-state index is 10.8. The van der Waals surface area contributed by atoms with Crippen molar-refractivity contribution in [2.75, 3.05) is 5.32 Å². The third kappa shape index (κ3) is 3.00. The van der Waals surface area contributed by atoms with Crippen LogP contribution in [-0.4, -0.2) is 5.91 Å². The van der Waals surface area contributed by atoms with Gasteiger partial charge in [0.2, 0.25) is 5.91 Å². The van der Waals surface area contributed by atoms with Crippen LogP contribution in [0.25, 0.3) is 10.4 Å². The minimum Gasteiger partial charge on any atom is -0.326 e. The van der Waals surface area contributed by atoms with Crippen molar-refractivity contribution in [2.45, 2.75) is 26.3 Å². The average Bonchev–Trinajstić information content (AvgIpc) is 2.17. The summed E-state index contributed by atoms with van der Waals surface area (Å²) < 4.78 is 0. The van der Waals surface area contributed by atoms with Gasteiger partial charge in [-0.25, -0.2) is 0 Å². The zero-order chi connectivity index (χ0) is 12.2. The molecule has 1 N–H and O–H groups in total. The zero-order valence-electron chi connectivity index (χ0n) is 9.56. The Morgan fingerprint density at radius 3 is 2.38 bits per heavy atom. The van der Waals surface area contributed by atoms with Gasteiger partial charge in [-0.15, -0.1) is 0 Å². The molecular weight excluding hydrogens is 204 g/mol. The van der Waals surface area contributed by atoms with E-state index in [0.29, 0.717) is 0 Å². The van der Waals surface area contributed by atoms with Crippen molar-refractivity contribution >= 4 is 11.6 Å². The summed E-state index contributed by atoms with van der Waals surface area (Å²) in [6.45, 7) is 5.12. The molecule has 5 nitrogen and oxygen atoms in total. The molecule has 0 radical (unpaired) electrons. The lowest BCUT2D eigenvalue weighted by Gasteiger charge is -2.18. The Labute approximate surface area is 94.1 Å². The van der Waals surface area contributed by atoms with Crippen LogP contribution < -0.4 is 5.32 Å². The first kappa shape index (κ1) is 12.1. The number of carbonyl (C=O) groups excluding carboxylic acids is 1. The van der Waals surface area contributed by atoms with Gasteiger partial charge in [-0.1, -0.05) is 31.1 Å². The van der Waals surface area contributed by atoms with Crippen LogP contribution >= 0.6 is 0 Å². The van der Waals surface area contributed by atoms with Gasteiger partial charge < -0.3 is 5.32 Å². The molecule has 0 heterocycles. The molecule has 0 aliphatic rings. The molecule has 5 heteroatoms. The Balaban J connectivity index is 2.94. The van der Waals surface area contributed by atoms with Gasteiger partial charge in [-0.05, 0) is 23.2 Å². The number of nitrogens with zero attached hydrogens (tertiary/aromatic N) is 3. The summed E-state index contributed by atoms with van der Waals surface area (Å²) in [6.07, 6.45) is 0. The average molecular weight is 218 g/mol. The van der Waals surface area contributed by atoms with Crippen LogP contribution in [-0.2, 0) is 10.3 Å². The molecule has 0 unspecified atom stereocenters. The third-order valence-corrected chi connectivity index (χ3v) is 2.21. The normalized spacial score (nSPS) is 10.4. The summed E-state index contributed by atoms with van der Waals surface area (Å²) in [5.74, 6) is -0.109. The maximum Gasteiger partial charge on any atom is 0.221 e. The van der Waals surface area contributed by atoms with Gasteiger partial charge in [0, 0.05) is 17.5 Å². The highest BCUT2D eigenvalue weighted by atomic mass is 16.1. The first-order valence-electron chi connectivity index (χ1n) is 4.90. The van der Waals surface area contributed by atoms with E-state index in [2.05, 4.69) is 15.3 Å². The van der Waals surface area contributed by atoms with Crippen LogP contribution in [0, 0.1) is 0 Å². The largest absolute Gasteiger partial charge is 0.326 e. The summed E-state index contributed by atoms with van der Waals surface area (Å²) in [5.41, 5.74) is 9.49. The molecule has 0 aliphatic heterocycles. The van der Waals surface area contributed by atoms with E-state index in [1.165, 1.54) is 6.92 Å². The lowest BCUT2D eigenvalue weighted by molar-refractivity contribution is -0.114. The van der Waals surface area contributed by atoms with Crippen molar-refractivity contribution in [1.82, 2.24) is 0 Å². The first-order valence-corrected chi connectivity index (χ1v) is 4.90. The van der Waals surface area contributed by atoms with E-state index in [0.717, 1.165) is 11.3 Å². The maximum absolute atomic E-state index is 10.8. The summed E-state index contributed by atoms with van der Waals surface area (Å²) in [6, 6.07) is 7.23. The minimum atomic E-state index is -0.580. The van der Waals surface area contributed by atoms with Gasteiger partial charge in [0.1, 0.15) is 0 Å². The van der Waals surface area contributed by atoms with Crippen LogP contribution in [0.3, 0.4) is 0 Å². The number of benzene rings is 1. The molecular formula is C11H14N4O. The predicted molar refractivity (Wildman–Crippen MR) is 62.9 cm³/mol. The van der Waals surface area contributed by atoms with Gasteiger partial charge in [0.25, 0.3) is 0 Å². The van der Waals surface area contributed by atoms with Gasteiger partial charge in [-0.2, -0.15) is 0 Å². The van der Waals surface area contributed by atoms with Crippen molar-refractivity contribution in [2.24, 2.45) is 5.11 Å². The molecule has 1 rings (SSSR count). The number of amides is 1. The quantitative estimate of drug-likeness (QED) is 0.472. The number of anilines is 1. The van der Waals surface area contributed by atoms with E-state index in [9.17, 15) is 4.79 Å². The number of hydrogen-bond acceptors (Lipinski definition) is 2. The molecule has 0 spiro atoms. The summed E-state index contributed by atoms with van der Waals surface area (Å²) in [5, 5.41) is 6.38. The van der Waals surface area contributed by atoms with Crippen molar-refractivity contribution in [1.29, 1.82) is 0 Å². The summed E-state index contributed by atoms with van der Waals surface area (Å²) in [7, 11) is 0. The smallest absolute Gasteiger partial charge is 0.221 e. The standard InChI is InChI=1S/C11H14N4O/c1-8(16)13-10-6-4-9(5-7-10)11(2,3)14-15-12/h4-7H,1-3H3,(H,13,16). The highest BCUT2D eigenvalue weighted by molar-refractivity contribution is 5.88. The van der Waals surface area contributed by atoms with Crippen LogP contribution in [0.1, 0.15) is 26.3 Å². The van der Waals surface area contributed by atoms with E-state index in [4.69, 9.17) is 5.53 Å². The van der Waals surface area contributed by atoms with Gasteiger partial charge in [0.15, 0.2) is 0 Å². The fraction of sp³-hybridized carbons (Fsp3) is 0.364. The Kier molecular flexibility index (Phi) is 3.53.